The minimum Gasteiger partial charge on any atom is -0.465 e. The number of nitrogens with one attached hydrogen (secondary N) is 1. The van der Waals surface area contributed by atoms with Gasteiger partial charge in [-0.3, -0.25) is 9.88 Å². The zero-order chi connectivity index (χ0) is 19.5. The normalized spacial score (nSPS) is 19.9. The number of pyridine rings is 1. The van der Waals surface area contributed by atoms with E-state index in [9.17, 15) is 9.18 Å². The van der Waals surface area contributed by atoms with Crippen molar-refractivity contribution in [1.29, 1.82) is 0 Å². The number of aromatic amines is 1. The van der Waals surface area contributed by atoms with Crippen molar-refractivity contribution >= 4 is 17.0 Å². The SMILES string of the molecule is COC(=O)c1ccc2nc(COC3CN(Cc4cccnc4)CC3F)[nH]c2c1. The Hall–Kier alpha value is -2.84. The Balaban J connectivity index is 1.36. The molecule has 7 nitrogen and oxygen atoms in total. The van der Waals surface area contributed by atoms with Crippen LogP contribution in [0.1, 0.15) is 21.7 Å². The zero-order valence-electron chi connectivity index (χ0n) is 15.5. The summed E-state index contributed by atoms with van der Waals surface area (Å²) < 4.78 is 24.9. The van der Waals surface area contributed by atoms with Crippen molar-refractivity contribution in [3.63, 3.8) is 0 Å². The monoisotopic (exact) mass is 384 g/mol. The molecule has 0 amide bonds. The summed E-state index contributed by atoms with van der Waals surface area (Å²) in [5.41, 5.74) is 2.92. The van der Waals surface area contributed by atoms with Gasteiger partial charge in [-0.1, -0.05) is 6.07 Å². The highest BCUT2D eigenvalue weighted by atomic mass is 19.1. The van der Waals surface area contributed by atoms with Crippen molar-refractivity contribution in [3.05, 3.63) is 59.7 Å². The van der Waals surface area contributed by atoms with Gasteiger partial charge in [-0.15, -0.1) is 0 Å². The van der Waals surface area contributed by atoms with Crippen LogP contribution in [-0.4, -0.2) is 58.3 Å². The number of ether oxygens (including phenoxy) is 2. The van der Waals surface area contributed by atoms with Crippen LogP contribution in [0.15, 0.2) is 42.7 Å². The summed E-state index contributed by atoms with van der Waals surface area (Å²) in [7, 11) is 1.34. The topological polar surface area (TPSA) is 80.3 Å². The minimum atomic E-state index is -1.05. The molecule has 1 aromatic carbocycles. The molecule has 1 fully saturated rings. The molecule has 1 aliphatic heterocycles. The molecule has 0 aliphatic carbocycles. The van der Waals surface area contributed by atoms with E-state index in [1.807, 2.05) is 17.0 Å². The molecule has 4 rings (SSSR count). The number of imidazole rings is 1. The first kappa shape index (κ1) is 18.5. The molecule has 1 N–H and O–H groups in total. The maximum absolute atomic E-state index is 14.4. The number of halogens is 1. The Morgan fingerprint density at radius 3 is 3.04 bits per heavy atom. The number of carbonyl (C=O) groups is 1. The molecule has 0 saturated carbocycles. The zero-order valence-corrected chi connectivity index (χ0v) is 15.5. The van der Waals surface area contributed by atoms with E-state index in [1.54, 1.807) is 30.6 Å². The van der Waals surface area contributed by atoms with E-state index in [-0.39, 0.29) is 6.61 Å². The number of likely N-dealkylation sites (tertiary alicyclic amines) is 1. The van der Waals surface area contributed by atoms with E-state index in [0.717, 1.165) is 5.56 Å². The van der Waals surface area contributed by atoms with Gasteiger partial charge in [-0.2, -0.15) is 0 Å². The second-order valence-electron chi connectivity index (χ2n) is 6.83. The van der Waals surface area contributed by atoms with Crippen molar-refractivity contribution in [2.45, 2.75) is 25.4 Å². The Bertz CT molecular complexity index is 962. The highest BCUT2D eigenvalue weighted by molar-refractivity contribution is 5.93. The molecule has 8 heteroatoms. The number of esters is 1. The number of H-pyrrole nitrogens is 1. The van der Waals surface area contributed by atoms with Gasteiger partial charge in [0.1, 0.15) is 24.7 Å². The van der Waals surface area contributed by atoms with Crippen molar-refractivity contribution in [3.8, 4) is 0 Å². The second-order valence-corrected chi connectivity index (χ2v) is 6.83. The highest BCUT2D eigenvalue weighted by Gasteiger charge is 2.33. The Morgan fingerprint density at radius 2 is 2.25 bits per heavy atom. The van der Waals surface area contributed by atoms with E-state index < -0.39 is 18.2 Å². The molecule has 1 saturated heterocycles. The molecule has 0 radical (unpaired) electrons. The average Bonchev–Trinajstić information content (AvgIpc) is 3.28. The van der Waals surface area contributed by atoms with Gasteiger partial charge < -0.3 is 14.5 Å². The summed E-state index contributed by atoms with van der Waals surface area (Å²) in [6.07, 6.45) is 1.96. The maximum Gasteiger partial charge on any atom is 0.337 e. The van der Waals surface area contributed by atoms with Crippen LogP contribution in [0.25, 0.3) is 11.0 Å². The number of hydrogen-bond donors (Lipinski definition) is 1. The Labute approximate surface area is 161 Å². The fourth-order valence-electron chi connectivity index (χ4n) is 3.41. The fourth-order valence-corrected chi connectivity index (χ4v) is 3.41. The summed E-state index contributed by atoms with van der Waals surface area (Å²) in [5, 5.41) is 0. The molecule has 2 unspecified atom stereocenters. The van der Waals surface area contributed by atoms with Gasteiger partial charge in [0.25, 0.3) is 0 Å². The third-order valence-electron chi connectivity index (χ3n) is 4.79. The number of rotatable bonds is 6. The van der Waals surface area contributed by atoms with E-state index in [2.05, 4.69) is 15.0 Å². The predicted octanol–water partition coefficient (Wildman–Crippen LogP) is 2.48. The molecule has 0 bridgehead atoms. The van der Waals surface area contributed by atoms with Gasteiger partial charge in [0.15, 0.2) is 0 Å². The Kier molecular flexibility index (Phi) is 5.31. The number of benzene rings is 1. The van der Waals surface area contributed by atoms with Crippen molar-refractivity contribution < 1.29 is 18.7 Å². The lowest BCUT2D eigenvalue weighted by Gasteiger charge is -2.15. The van der Waals surface area contributed by atoms with Crippen LogP contribution >= 0.6 is 0 Å². The first-order chi connectivity index (χ1) is 13.6. The molecule has 146 valence electrons. The molecule has 0 spiro atoms. The lowest BCUT2D eigenvalue weighted by molar-refractivity contribution is 0.00863. The third-order valence-corrected chi connectivity index (χ3v) is 4.79. The summed E-state index contributed by atoms with van der Waals surface area (Å²) in [6, 6.07) is 8.93. The summed E-state index contributed by atoms with van der Waals surface area (Å²) in [6.45, 7) is 1.67. The molecule has 3 heterocycles. The van der Waals surface area contributed by atoms with Crippen LogP contribution < -0.4 is 0 Å². The first-order valence-electron chi connectivity index (χ1n) is 9.06. The minimum absolute atomic E-state index is 0.175. The first-order valence-corrected chi connectivity index (χ1v) is 9.06. The molecule has 1 aliphatic rings. The molecular weight excluding hydrogens is 363 g/mol. The average molecular weight is 384 g/mol. The van der Waals surface area contributed by atoms with Gasteiger partial charge in [0.05, 0.1) is 23.7 Å². The number of carbonyl (C=O) groups excluding carboxylic acids is 1. The number of hydrogen-bond acceptors (Lipinski definition) is 6. The van der Waals surface area contributed by atoms with E-state index in [0.29, 0.717) is 42.1 Å². The van der Waals surface area contributed by atoms with Crippen LogP contribution in [0, 0.1) is 0 Å². The summed E-state index contributed by atoms with van der Waals surface area (Å²) >= 11 is 0. The number of nitrogens with zero attached hydrogens (tertiary/aromatic N) is 3. The van der Waals surface area contributed by atoms with Crippen LogP contribution in [-0.2, 0) is 22.6 Å². The van der Waals surface area contributed by atoms with E-state index in [4.69, 9.17) is 9.47 Å². The summed E-state index contributed by atoms with van der Waals surface area (Å²) in [5.74, 6) is 0.184. The standard InChI is InChI=1S/C20H21FN4O3/c1-27-20(26)14-4-5-16-17(7-14)24-19(23-16)12-28-18-11-25(10-15(18)21)9-13-3-2-6-22-8-13/h2-8,15,18H,9-12H2,1H3,(H,23,24). The van der Waals surface area contributed by atoms with Crippen LogP contribution in [0.4, 0.5) is 4.39 Å². The van der Waals surface area contributed by atoms with Gasteiger partial charge >= 0.3 is 5.97 Å². The van der Waals surface area contributed by atoms with Gasteiger partial charge in [-0.05, 0) is 29.8 Å². The smallest absolute Gasteiger partial charge is 0.337 e. The molecule has 2 atom stereocenters. The van der Waals surface area contributed by atoms with Crippen molar-refractivity contribution in [1.82, 2.24) is 19.9 Å². The highest BCUT2D eigenvalue weighted by Crippen LogP contribution is 2.21. The lowest BCUT2D eigenvalue weighted by atomic mass is 10.2. The number of methoxy groups -OCH3 is 1. The molecule has 3 aromatic rings. The fraction of sp³-hybridized carbons (Fsp3) is 0.350. The van der Waals surface area contributed by atoms with Crippen LogP contribution in [0.5, 0.6) is 0 Å². The largest absolute Gasteiger partial charge is 0.465 e. The van der Waals surface area contributed by atoms with Crippen LogP contribution in [0.2, 0.25) is 0 Å². The van der Waals surface area contributed by atoms with E-state index >= 15 is 0 Å². The van der Waals surface area contributed by atoms with Crippen molar-refractivity contribution in [2.75, 3.05) is 20.2 Å². The quantitative estimate of drug-likeness (QED) is 0.658. The molecule has 2 aromatic heterocycles. The Morgan fingerprint density at radius 1 is 1.36 bits per heavy atom. The summed E-state index contributed by atoms with van der Waals surface area (Å²) in [4.78, 5) is 25.3. The second kappa shape index (κ2) is 8.04. The van der Waals surface area contributed by atoms with Gasteiger partial charge in [-0.25, -0.2) is 14.2 Å². The number of aromatic nitrogens is 3. The number of fused-ring (bicyclic) bond motifs is 1. The molecule has 28 heavy (non-hydrogen) atoms. The van der Waals surface area contributed by atoms with Crippen molar-refractivity contribution in [2.24, 2.45) is 0 Å². The van der Waals surface area contributed by atoms with E-state index in [1.165, 1.54) is 7.11 Å². The van der Waals surface area contributed by atoms with Crippen LogP contribution in [0.3, 0.4) is 0 Å². The van der Waals surface area contributed by atoms with Gasteiger partial charge in [0.2, 0.25) is 0 Å². The maximum atomic E-state index is 14.4. The predicted molar refractivity (Wildman–Crippen MR) is 100 cm³/mol. The van der Waals surface area contributed by atoms with Gasteiger partial charge in [0, 0.05) is 32.0 Å². The number of alkyl halides is 1. The molecular formula is C20H21FN4O3. The lowest BCUT2D eigenvalue weighted by Crippen LogP contribution is -2.24. The third kappa shape index (κ3) is 4.02.